The highest BCUT2D eigenvalue weighted by Gasteiger charge is 2.34. The van der Waals surface area contributed by atoms with Crippen LogP contribution in [0.1, 0.15) is 90.2 Å². The molecule has 0 amide bonds. The van der Waals surface area contributed by atoms with Gasteiger partial charge in [-0.2, -0.15) is 0 Å². The monoisotopic (exact) mass is 505 g/mol. The molecule has 0 spiro atoms. The number of phenols is 1. The molecule has 35 heavy (non-hydrogen) atoms. The molecule has 7 heteroatoms. The maximum atomic E-state index is 14.0. The molecule has 0 aliphatic heterocycles. The van der Waals surface area contributed by atoms with E-state index in [2.05, 4.69) is 31.6 Å². The quantitative estimate of drug-likeness (QED) is 0.127. The van der Waals surface area contributed by atoms with Crippen LogP contribution >= 0.6 is 7.52 Å². The number of rotatable bonds is 13. The summed E-state index contributed by atoms with van der Waals surface area (Å²) < 4.78 is 25.1. The summed E-state index contributed by atoms with van der Waals surface area (Å²) in [4.78, 5) is 12.1. The molecule has 1 aromatic carbocycles. The van der Waals surface area contributed by atoms with Crippen molar-refractivity contribution >= 4 is 13.5 Å². The number of carbonyl (C=O) groups is 1. The minimum absolute atomic E-state index is 0.131. The topological polar surface area (TPSA) is 84.9 Å². The molecule has 1 aromatic rings. The first-order valence-electron chi connectivity index (χ1n) is 12.9. The lowest BCUT2D eigenvalue weighted by atomic mass is 9.73. The van der Waals surface area contributed by atoms with Crippen molar-refractivity contribution < 1.29 is 23.7 Å². The number of ether oxygens (including phenoxy) is 1. The van der Waals surface area contributed by atoms with E-state index in [4.69, 9.17) is 9.26 Å². The number of carbonyl (C=O) groups excluding carboxylic acids is 1. The van der Waals surface area contributed by atoms with Crippen molar-refractivity contribution in [3.8, 4) is 11.5 Å². The number of hydrogen-bond donors (Lipinski definition) is 2. The molecule has 0 saturated carbocycles. The summed E-state index contributed by atoms with van der Waals surface area (Å²) in [5.74, 6) is 0.0780. The second-order valence-corrected chi connectivity index (χ2v) is 12.1. The maximum Gasteiger partial charge on any atom is 0.323 e. The Morgan fingerprint density at radius 3 is 2.60 bits per heavy atom. The second-order valence-electron chi connectivity index (χ2n) is 9.88. The van der Waals surface area contributed by atoms with Crippen LogP contribution in [0.2, 0.25) is 0 Å². The molecule has 0 bridgehead atoms. The number of esters is 1. The first-order chi connectivity index (χ1) is 16.5. The predicted molar refractivity (Wildman–Crippen MR) is 143 cm³/mol. The third-order valence-corrected chi connectivity index (χ3v) is 8.98. The van der Waals surface area contributed by atoms with Gasteiger partial charge in [-0.15, -0.1) is 0 Å². The highest BCUT2D eigenvalue weighted by molar-refractivity contribution is 7.57. The summed E-state index contributed by atoms with van der Waals surface area (Å²) in [6.07, 6.45) is 8.92. The van der Waals surface area contributed by atoms with Crippen molar-refractivity contribution in [3.63, 3.8) is 0 Å². The van der Waals surface area contributed by atoms with Gasteiger partial charge in [-0.25, -0.2) is 5.09 Å². The number of phenolic OH excluding ortho intramolecular Hbond substituents is 1. The van der Waals surface area contributed by atoms with Crippen LogP contribution in [0, 0.1) is 5.92 Å². The van der Waals surface area contributed by atoms with Crippen molar-refractivity contribution in [1.29, 1.82) is 0 Å². The molecule has 1 aliphatic carbocycles. The van der Waals surface area contributed by atoms with Crippen LogP contribution in [0.5, 0.6) is 11.5 Å². The van der Waals surface area contributed by atoms with Gasteiger partial charge in [0, 0.05) is 17.6 Å². The minimum Gasteiger partial charge on any atom is -0.507 e. The molecular formula is C28H44NO5P. The summed E-state index contributed by atoms with van der Waals surface area (Å²) in [5, 5.41) is 14.2. The number of methoxy groups -OCH3 is 1. The summed E-state index contributed by atoms with van der Waals surface area (Å²) in [7, 11) is -2.17. The van der Waals surface area contributed by atoms with E-state index in [1.807, 2.05) is 26.0 Å². The molecule has 0 radical (unpaired) electrons. The summed E-state index contributed by atoms with van der Waals surface area (Å²) in [6.45, 7) is 14.0. The zero-order chi connectivity index (χ0) is 26.2. The summed E-state index contributed by atoms with van der Waals surface area (Å²) in [5.41, 5.74) is 3.88. The number of nitrogens with one attached hydrogen (secondary N) is 1. The lowest BCUT2D eigenvalue weighted by Gasteiger charge is -2.33. The average molecular weight is 506 g/mol. The molecule has 1 aliphatic rings. The van der Waals surface area contributed by atoms with Gasteiger partial charge in [0.05, 0.1) is 7.11 Å². The summed E-state index contributed by atoms with van der Waals surface area (Å²) >= 11 is 0. The Kier molecular flexibility index (Phi) is 11.1. The standard InChI is InChI=1S/C28H44NO5P/c1-8-10-11-12-22-17-25(30)27(24-16-20(5)13-14-23(24)19(3)4)26(18-22)34-35(32,15-9-2)29-21(6)28(31)33-7/h16-18,21,23-24,30H,3,8-15H2,1-2,4-7H3,(H,29,32)/t21-,23?,24?,35?/m0/s1. The third kappa shape index (κ3) is 7.98. The van der Waals surface area contributed by atoms with E-state index in [0.29, 0.717) is 17.7 Å². The first kappa shape index (κ1) is 29.2. The van der Waals surface area contributed by atoms with E-state index < -0.39 is 19.5 Å². The molecule has 0 heterocycles. The molecule has 3 unspecified atom stereocenters. The van der Waals surface area contributed by atoms with Crippen LogP contribution in [0.15, 0.2) is 35.9 Å². The SMILES string of the molecule is C=C(C)C1CCC(C)=CC1c1c(O)cc(CCCCC)cc1OP(=O)(CCC)N[C@@H](C)C(=O)OC. The molecule has 4 atom stereocenters. The van der Waals surface area contributed by atoms with E-state index in [0.717, 1.165) is 49.7 Å². The Hall–Kier alpha value is -2.04. The van der Waals surface area contributed by atoms with Gasteiger partial charge in [0.25, 0.3) is 0 Å². The third-order valence-electron chi connectivity index (χ3n) is 6.67. The van der Waals surface area contributed by atoms with E-state index >= 15 is 0 Å². The average Bonchev–Trinajstić information content (AvgIpc) is 2.78. The zero-order valence-corrected chi connectivity index (χ0v) is 23.2. The van der Waals surface area contributed by atoms with Crippen molar-refractivity contribution in [1.82, 2.24) is 5.09 Å². The normalized spacial score (nSPS) is 20.5. The van der Waals surface area contributed by atoms with Gasteiger partial charge < -0.3 is 14.4 Å². The van der Waals surface area contributed by atoms with Crippen molar-refractivity contribution in [2.45, 2.75) is 91.5 Å². The molecule has 0 fully saturated rings. The van der Waals surface area contributed by atoms with Crippen LogP contribution in [0.4, 0.5) is 0 Å². The lowest BCUT2D eigenvalue weighted by molar-refractivity contribution is -0.142. The minimum atomic E-state index is -3.48. The largest absolute Gasteiger partial charge is 0.507 e. The molecule has 0 aromatic heterocycles. The lowest BCUT2D eigenvalue weighted by Crippen LogP contribution is -2.34. The van der Waals surface area contributed by atoms with Gasteiger partial charge in [0.1, 0.15) is 17.5 Å². The highest BCUT2D eigenvalue weighted by atomic mass is 31.2. The van der Waals surface area contributed by atoms with E-state index in [-0.39, 0.29) is 23.7 Å². The van der Waals surface area contributed by atoms with Gasteiger partial charge in [0.2, 0.25) is 0 Å². The Labute approximate surface area is 211 Å². The molecular weight excluding hydrogens is 461 g/mol. The van der Waals surface area contributed by atoms with Crippen molar-refractivity contribution in [3.05, 3.63) is 47.1 Å². The second kappa shape index (κ2) is 13.3. The zero-order valence-electron chi connectivity index (χ0n) is 22.4. The van der Waals surface area contributed by atoms with Crippen LogP contribution in [0.25, 0.3) is 0 Å². The smallest absolute Gasteiger partial charge is 0.323 e. The number of allylic oxidation sites excluding steroid dienone is 3. The summed E-state index contributed by atoms with van der Waals surface area (Å²) in [6, 6.07) is 2.95. The van der Waals surface area contributed by atoms with E-state index in [1.54, 1.807) is 6.92 Å². The van der Waals surface area contributed by atoms with Crippen LogP contribution in [-0.4, -0.2) is 30.4 Å². The number of aryl methyl sites for hydroxylation is 1. The Morgan fingerprint density at radius 1 is 1.29 bits per heavy atom. The van der Waals surface area contributed by atoms with Crippen LogP contribution in [-0.2, 0) is 20.5 Å². The van der Waals surface area contributed by atoms with Gasteiger partial charge in [-0.1, -0.05) is 50.5 Å². The van der Waals surface area contributed by atoms with E-state index in [9.17, 15) is 14.5 Å². The van der Waals surface area contributed by atoms with Gasteiger partial charge in [0.15, 0.2) is 0 Å². The molecule has 2 N–H and O–H groups in total. The molecule has 2 rings (SSSR count). The van der Waals surface area contributed by atoms with E-state index in [1.165, 1.54) is 12.7 Å². The fourth-order valence-electron chi connectivity index (χ4n) is 4.82. The number of unbranched alkanes of at least 4 members (excludes halogenated alkanes) is 2. The first-order valence-corrected chi connectivity index (χ1v) is 14.7. The fourth-order valence-corrected chi connectivity index (χ4v) is 6.85. The Balaban J connectivity index is 2.60. The number of benzene rings is 1. The number of hydrogen-bond acceptors (Lipinski definition) is 5. The Bertz CT molecular complexity index is 970. The highest BCUT2D eigenvalue weighted by Crippen LogP contribution is 2.52. The molecule has 6 nitrogen and oxygen atoms in total. The van der Waals surface area contributed by atoms with Crippen molar-refractivity contribution in [2.24, 2.45) is 5.92 Å². The Morgan fingerprint density at radius 2 is 2.00 bits per heavy atom. The van der Waals surface area contributed by atoms with Gasteiger partial charge >= 0.3 is 13.5 Å². The maximum absolute atomic E-state index is 14.0. The molecule has 0 saturated heterocycles. The van der Waals surface area contributed by atoms with Gasteiger partial charge in [-0.3, -0.25) is 9.36 Å². The number of aromatic hydroxyl groups is 1. The molecule has 196 valence electrons. The van der Waals surface area contributed by atoms with Crippen LogP contribution < -0.4 is 9.61 Å². The van der Waals surface area contributed by atoms with Crippen molar-refractivity contribution in [2.75, 3.05) is 13.3 Å². The predicted octanol–water partition coefficient (Wildman–Crippen LogP) is 7.27. The van der Waals surface area contributed by atoms with Crippen LogP contribution in [0.3, 0.4) is 0 Å². The van der Waals surface area contributed by atoms with Gasteiger partial charge in [-0.05, 0) is 76.5 Å². The fraction of sp³-hybridized carbons (Fsp3) is 0.607.